The van der Waals surface area contributed by atoms with Crippen molar-refractivity contribution in [3.8, 4) is 11.1 Å². The fourth-order valence-corrected chi connectivity index (χ4v) is 3.60. The Labute approximate surface area is 163 Å². The average Bonchev–Trinajstić information content (AvgIpc) is 3.16. The molecule has 0 radical (unpaired) electrons. The molecule has 0 saturated carbocycles. The van der Waals surface area contributed by atoms with Gasteiger partial charge in [-0.3, -0.25) is 9.37 Å². The molecule has 5 heteroatoms. The van der Waals surface area contributed by atoms with Gasteiger partial charge in [-0.15, -0.1) is 0 Å². The third-order valence-corrected chi connectivity index (χ3v) is 5.10. The van der Waals surface area contributed by atoms with Crippen molar-refractivity contribution in [1.82, 2.24) is 4.98 Å². The van der Waals surface area contributed by atoms with E-state index in [1.807, 2.05) is 54.7 Å². The number of nitrogens with two attached hydrogens (primary N) is 1. The van der Waals surface area contributed by atoms with Crippen LogP contribution in [0.1, 0.15) is 23.1 Å². The first-order valence-electron chi connectivity index (χ1n) is 9.36. The number of benzene rings is 2. The van der Waals surface area contributed by atoms with Crippen LogP contribution in [0.5, 0.6) is 0 Å². The Bertz CT molecular complexity index is 973. The predicted octanol–water partition coefficient (Wildman–Crippen LogP) is 4.24. The van der Waals surface area contributed by atoms with E-state index in [2.05, 4.69) is 22.1 Å². The Kier molecular flexibility index (Phi) is 5.06. The second-order valence-electron chi connectivity index (χ2n) is 6.91. The van der Waals surface area contributed by atoms with E-state index in [0.29, 0.717) is 13.0 Å². The molecule has 0 fully saturated rings. The summed E-state index contributed by atoms with van der Waals surface area (Å²) >= 11 is 0. The molecule has 0 bridgehead atoms. The van der Waals surface area contributed by atoms with E-state index >= 15 is 0 Å². The van der Waals surface area contributed by atoms with Gasteiger partial charge in [-0.2, -0.15) is 0 Å². The van der Waals surface area contributed by atoms with Crippen molar-refractivity contribution in [3.05, 3.63) is 89.7 Å². The van der Waals surface area contributed by atoms with Crippen molar-refractivity contribution in [2.75, 3.05) is 13.3 Å². The molecule has 142 valence electrons. The summed E-state index contributed by atoms with van der Waals surface area (Å²) in [6.45, 7) is 0.0423. The predicted molar refractivity (Wildman–Crippen MR) is 109 cm³/mol. The topological polar surface area (TPSA) is 60.5 Å². The molecule has 4 nitrogen and oxygen atoms in total. The molecule has 3 aromatic rings. The van der Waals surface area contributed by atoms with Crippen LogP contribution in [0, 0.1) is 0 Å². The zero-order valence-corrected chi connectivity index (χ0v) is 15.5. The van der Waals surface area contributed by atoms with E-state index in [0.717, 1.165) is 34.2 Å². The molecule has 0 saturated heterocycles. The van der Waals surface area contributed by atoms with Gasteiger partial charge in [0.1, 0.15) is 6.61 Å². The Balaban J connectivity index is 1.75. The highest BCUT2D eigenvalue weighted by Crippen LogP contribution is 2.39. The normalized spacial score (nSPS) is 18.5. The van der Waals surface area contributed by atoms with Crippen molar-refractivity contribution in [2.45, 2.75) is 18.4 Å². The summed E-state index contributed by atoms with van der Waals surface area (Å²) in [5.74, 6) is 0. The molecule has 0 aliphatic carbocycles. The minimum Gasteiger partial charge on any atom is -0.462 e. The van der Waals surface area contributed by atoms with Crippen molar-refractivity contribution in [3.63, 3.8) is 0 Å². The van der Waals surface area contributed by atoms with Gasteiger partial charge in [0.2, 0.25) is 0 Å². The number of aromatic nitrogens is 1. The van der Waals surface area contributed by atoms with Crippen molar-refractivity contribution >= 4 is 6.02 Å². The number of hydrogen-bond acceptors (Lipinski definition) is 4. The summed E-state index contributed by atoms with van der Waals surface area (Å²) in [6, 6.07) is 20.5. The molecule has 0 spiro atoms. The molecule has 2 N–H and O–H groups in total. The molecule has 2 heterocycles. The molecular formula is C23H22FN3O. The molecule has 1 aliphatic heterocycles. The molecule has 28 heavy (non-hydrogen) atoms. The van der Waals surface area contributed by atoms with Gasteiger partial charge >= 0.3 is 0 Å². The number of aryl methyl sites for hydroxylation is 1. The molecule has 1 unspecified atom stereocenters. The summed E-state index contributed by atoms with van der Waals surface area (Å²) in [6.07, 6.45) is 4.86. The van der Waals surface area contributed by atoms with Crippen LogP contribution in [0.3, 0.4) is 0 Å². The minimum absolute atomic E-state index is 0.188. The van der Waals surface area contributed by atoms with Gasteiger partial charge < -0.3 is 10.5 Å². The zero-order valence-electron chi connectivity index (χ0n) is 15.5. The smallest absolute Gasteiger partial charge is 0.283 e. The second-order valence-corrected chi connectivity index (χ2v) is 6.91. The first kappa shape index (κ1) is 18.2. The molecule has 1 aromatic heterocycles. The SMILES string of the molecule is NC1=NC(c2ccc(CCCF)cc2)(c2cccc(-c3cccnc3)c2)CO1. The van der Waals surface area contributed by atoms with Crippen molar-refractivity contribution < 1.29 is 9.13 Å². The van der Waals surface area contributed by atoms with Crippen LogP contribution < -0.4 is 5.73 Å². The standard InChI is InChI=1S/C23H22FN3O/c24-12-2-4-17-8-10-20(11-9-17)23(16-28-22(25)27-23)21-7-1-5-18(14-21)19-6-3-13-26-15-19/h1,3,5-11,13-15H,2,4,12,16H2,(H2,25,27). The first-order valence-corrected chi connectivity index (χ1v) is 9.36. The lowest BCUT2D eigenvalue weighted by Crippen LogP contribution is -2.27. The van der Waals surface area contributed by atoms with Gasteiger partial charge in [-0.1, -0.05) is 48.5 Å². The highest BCUT2D eigenvalue weighted by Gasteiger charge is 2.40. The molecular weight excluding hydrogens is 353 g/mol. The number of ether oxygens (including phenoxy) is 1. The zero-order chi connectivity index (χ0) is 19.4. The number of aliphatic imine (C=N–C) groups is 1. The molecule has 2 aromatic carbocycles. The number of alkyl halides is 1. The van der Waals surface area contributed by atoms with Crippen LogP contribution in [0.15, 0.2) is 78.0 Å². The Hall–Kier alpha value is -3.21. The van der Waals surface area contributed by atoms with Crippen molar-refractivity contribution in [2.24, 2.45) is 10.7 Å². The van der Waals surface area contributed by atoms with Crippen LogP contribution in [0.2, 0.25) is 0 Å². The van der Waals surface area contributed by atoms with E-state index in [1.165, 1.54) is 0 Å². The number of hydrogen-bond donors (Lipinski definition) is 1. The van der Waals surface area contributed by atoms with Gasteiger partial charge in [-0.25, -0.2) is 4.99 Å². The van der Waals surface area contributed by atoms with Crippen LogP contribution in [-0.2, 0) is 16.7 Å². The average molecular weight is 375 g/mol. The van der Waals surface area contributed by atoms with E-state index in [4.69, 9.17) is 10.5 Å². The van der Waals surface area contributed by atoms with Crippen LogP contribution in [0.4, 0.5) is 4.39 Å². The van der Waals surface area contributed by atoms with Crippen LogP contribution in [-0.4, -0.2) is 24.3 Å². The maximum absolute atomic E-state index is 12.5. The summed E-state index contributed by atoms with van der Waals surface area (Å²) in [5.41, 5.74) is 10.4. The molecule has 4 rings (SSSR count). The summed E-state index contributed by atoms with van der Waals surface area (Å²) < 4.78 is 18.0. The van der Waals surface area contributed by atoms with Crippen LogP contribution >= 0.6 is 0 Å². The van der Waals surface area contributed by atoms with Gasteiger partial charge in [0.15, 0.2) is 5.54 Å². The Morgan fingerprint density at radius 2 is 1.82 bits per heavy atom. The van der Waals surface area contributed by atoms with Gasteiger partial charge in [0.25, 0.3) is 6.02 Å². The summed E-state index contributed by atoms with van der Waals surface area (Å²) in [4.78, 5) is 8.89. The van der Waals surface area contributed by atoms with Gasteiger partial charge in [0, 0.05) is 12.4 Å². The Morgan fingerprint density at radius 3 is 2.50 bits per heavy atom. The third kappa shape index (κ3) is 3.48. The van der Waals surface area contributed by atoms with E-state index in [1.54, 1.807) is 6.20 Å². The third-order valence-electron chi connectivity index (χ3n) is 5.10. The lowest BCUT2D eigenvalue weighted by Gasteiger charge is -2.26. The number of pyridine rings is 1. The van der Waals surface area contributed by atoms with E-state index in [9.17, 15) is 4.39 Å². The molecule has 0 amide bonds. The van der Waals surface area contributed by atoms with Crippen molar-refractivity contribution in [1.29, 1.82) is 0 Å². The second kappa shape index (κ2) is 7.80. The fourth-order valence-electron chi connectivity index (χ4n) is 3.60. The minimum atomic E-state index is -0.694. The van der Waals surface area contributed by atoms with E-state index in [-0.39, 0.29) is 12.7 Å². The lowest BCUT2D eigenvalue weighted by atomic mass is 9.83. The monoisotopic (exact) mass is 375 g/mol. The number of halogens is 1. The first-order chi connectivity index (χ1) is 13.7. The van der Waals surface area contributed by atoms with Gasteiger partial charge in [-0.05, 0) is 52.8 Å². The molecule has 1 atom stereocenters. The summed E-state index contributed by atoms with van der Waals surface area (Å²) in [7, 11) is 0. The maximum Gasteiger partial charge on any atom is 0.283 e. The number of rotatable bonds is 6. The quantitative estimate of drug-likeness (QED) is 0.701. The highest BCUT2D eigenvalue weighted by molar-refractivity contribution is 5.75. The number of amidine groups is 1. The summed E-state index contributed by atoms with van der Waals surface area (Å²) in [5, 5.41) is 0. The van der Waals surface area contributed by atoms with Crippen LogP contribution in [0.25, 0.3) is 11.1 Å². The number of nitrogens with zero attached hydrogens (tertiary/aromatic N) is 2. The molecule has 1 aliphatic rings. The maximum atomic E-state index is 12.5. The largest absolute Gasteiger partial charge is 0.462 e. The van der Waals surface area contributed by atoms with E-state index < -0.39 is 5.54 Å². The highest BCUT2D eigenvalue weighted by atomic mass is 19.1. The lowest BCUT2D eigenvalue weighted by molar-refractivity contribution is 0.278. The fraction of sp³-hybridized carbons (Fsp3) is 0.217. The Morgan fingerprint density at radius 1 is 1.00 bits per heavy atom. The van der Waals surface area contributed by atoms with Gasteiger partial charge in [0.05, 0.1) is 6.67 Å².